The normalized spacial score (nSPS) is 11.5. The van der Waals surface area contributed by atoms with Gasteiger partial charge in [-0.25, -0.2) is 0 Å². The van der Waals surface area contributed by atoms with E-state index in [1.807, 2.05) is 44.2 Å². The fourth-order valence-corrected chi connectivity index (χ4v) is 2.19. The minimum Gasteiger partial charge on any atom is -0.508 e. The Kier molecular flexibility index (Phi) is 3.04. The standard InChI is InChI=1S/C16H18O2/c1-11-9-15(18)13(10-14(11)17)16(2,3)12-7-5-4-6-8-12/h4-10,17-18H,1-3H3. The molecule has 2 N–H and O–H groups in total. The fraction of sp³-hybridized carbons (Fsp3) is 0.250. The van der Waals surface area contributed by atoms with Crippen LogP contribution in [-0.4, -0.2) is 10.2 Å². The molecule has 0 aliphatic carbocycles. The molecule has 0 aliphatic heterocycles. The van der Waals surface area contributed by atoms with Gasteiger partial charge in [-0.1, -0.05) is 44.2 Å². The molecule has 0 amide bonds. The van der Waals surface area contributed by atoms with Crippen LogP contribution in [-0.2, 0) is 5.41 Å². The number of aryl methyl sites for hydroxylation is 1. The molecule has 2 aromatic rings. The Balaban J connectivity index is 2.58. The zero-order valence-corrected chi connectivity index (χ0v) is 10.9. The zero-order valence-electron chi connectivity index (χ0n) is 10.9. The second-order valence-electron chi connectivity index (χ2n) is 5.15. The molecule has 18 heavy (non-hydrogen) atoms. The lowest BCUT2D eigenvalue weighted by Crippen LogP contribution is -2.19. The average molecular weight is 242 g/mol. The molecule has 0 saturated carbocycles. The van der Waals surface area contributed by atoms with Gasteiger partial charge in [-0.3, -0.25) is 0 Å². The van der Waals surface area contributed by atoms with E-state index in [1.165, 1.54) is 0 Å². The molecule has 0 saturated heterocycles. The van der Waals surface area contributed by atoms with Crippen LogP contribution in [0, 0.1) is 6.92 Å². The maximum Gasteiger partial charge on any atom is 0.120 e. The predicted octanol–water partition coefficient (Wildman–Crippen LogP) is 3.73. The minimum absolute atomic E-state index is 0.215. The number of benzene rings is 2. The van der Waals surface area contributed by atoms with Crippen LogP contribution in [0.25, 0.3) is 0 Å². The first-order valence-corrected chi connectivity index (χ1v) is 6.01. The van der Waals surface area contributed by atoms with E-state index in [2.05, 4.69) is 0 Å². The molecule has 94 valence electrons. The van der Waals surface area contributed by atoms with Crippen molar-refractivity contribution < 1.29 is 10.2 Å². The highest BCUT2D eigenvalue weighted by Crippen LogP contribution is 2.39. The van der Waals surface area contributed by atoms with Crippen LogP contribution < -0.4 is 0 Å². The van der Waals surface area contributed by atoms with Crippen molar-refractivity contribution >= 4 is 0 Å². The molecule has 2 heteroatoms. The second-order valence-corrected chi connectivity index (χ2v) is 5.15. The van der Waals surface area contributed by atoms with Crippen molar-refractivity contribution in [3.8, 4) is 11.5 Å². The average Bonchev–Trinajstić information content (AvgIpc) is 2.34. The Morgan fingerprint density at radius 3 is 2.11 bits per heavy atom. The molecule has 0 atom stereocenters. The van der Waals surface area contributed by atoms with Gasteiger partial charge < -0.3 is 10.2 Å². The van der Waals surface area contributed by atoms with Crippen LogP contribution in [0.2, 0.25) is 0 Å². The largest absolute Gasteiger partial charge is 0.508 e. The molecule has 2 aromatic carbocycles. The van der Waals surface area contributed by atoms with Gasteiger partial charge in [-0.2, -0.15) is 0 Å². The van der Waals surface area contributed by atoms with Crippen molar-refractivity contribution in [3.63, 3.8) is 0 Å². The summed E-state index contributed by atoms with van der Waals surface area (Å²) in [5.74, 6) is 0.436. The molecule has 0 bridgehead atoms. The minimum atomic E-state index is -0.351. The highest BCUT2D eigenvalue weighted by molar-refractivity contribution is 5.51. The molecular formula is C16H18O2. The third-order valence-corrected chi connectivity index (χ3v) is 3.48. The zero-order chi connectivity index (χ0) is 13.3. The van der Waals surface area contributed by atoms with E-state index in [1.54, 1.807) is 19.1 Å². The third kappa shape index (κ3) is 2.06. The smallest absolute Gasteiger partial charge is 0.120 e. The SMILES string of the molecule is Cc1cc(O)c(C(C)(C)c2ccccc2)cc1O. The van der Waals surface area contributed by atoms with Gasteiger partial charge in [0.1, 0.15) is 11.5 Å². The van der Waals surface area contributed by atoms with Gasteiger partial charge in [0.15, 0.2) is 0 Å². The number of rotatable bonds is 2. The number of hydrogen-bond donors (Lipinski definition) is 2. The molecule has 0 aliphatic rings. The summed E-state index contributed by atoms with van der Waals surface area (Å²) in [5, 5.41) is 19.9. The predicted molar refractivity (Wildman–Crippen MR) is 73.1 cm³/mol. The third-order valence-electron chi connectivity index (χ3n) is 3.48. The van der Waals surface area contributed by atoms with Crippen molar-refractivity contribution in [2.24, 2.45) is 0 Å². The van der Waals surface area contributed by atoms with E-state index in [0.717, 1.165) is 11.1 Å². The van der Waals surface area contributed by atoms with Crippen LogP contribution in [0.5, 0.6) is 11.5 Å². The molecule has 2 rings (SSSR count). The molecule has 0 aromatic heterocycles. The van der Waals surface area contributed by atoms with Crippen molar-refractivity contribution in [2.45, 2.75) is 26.2 Å². The molecule has 0 radical (unpaired) electrons. The summed E-state index contributed by atoms with van der Waals surface area (Å²) in [4.78, 5) is 0. The number of phenolic OH excluding ortho intramolecular Hbond substituents is 2. The Hall–Kier alpha value is -1.96. The highest BCUT2D eigenvalue weighted by Gasteiger charge is 2.26. The topological polar surface area (TPSA) is 40.5 Å². The van der Waals surface area contributed by atoms with Crippen molar-refractivity contribution in [3.05, 3.63) is 59.2 Å². The molecular weight excluding hydrogens is 224 g/mol. The van der Waals surface area contributed by atoms with E-state index < -0.39 is 0 Å². The monoisotopic (exact) mass is 242 g/mol. The quantitative estimate of drug-likeness (QED) is 0.788. The molecule has 0 spiro atoms. The summed E-state index contributed by atoms with van der Waals surface area (Å²) in [7, 11) is 0. The van der Waals surface area contributed by atoms with Crippen LogP contribution in [0.1, 0.15) is 30.5 Å². The Morgan fingerprint density at radius 1 is 0.889 bits per heavy atom. The van der Waals surface area contributed by atoms with Crippen LogP contribution in [0.15, 0.2) is 42.5 Å². The lowest BCUT2D eigenvalue weighted by molar-refractivity contribution is 0.438. The second kappa shape index (κ2) is 4.37. The number of aromatic hydroxyl groups is 2. The van der Waals surface area contributed by atoms with E-state index in [-0.39, 0.29) is 16.9 Å². The summed E-state index contributed by atoms with van der Waals surface area (Å²) in [6.07, 6.45) is 0. The molecule has 2 nitrogen and oxygen atoms in total. The number of hydrogen-bond acceptors (Lipinski definition) is 2. The summed E-state index contributed by atoms with van der Waals surface area (Å²) in [6.45, 7) is 5.84. The van der Waals surface area contributed by atoms with E-state index in [0.29, 0.717) is 5.56 Å². The van der Waals surface area contributed by atoms with Crippen molar-refractivity contribution in [1.82, 2.24) is 0 Å². The van der Waals surface area contributed by atoms with Gasteiger partial charge >= 0.3 is 0 Å². The number of phenols is 2. The molecule has 0 fully saturated rings. The van der Waals surface area contributed by atoms with Gasteiger partial charge in [-0.05, 0) is 30.2 Å². The van der Waals surface area contributed by atoms with Gasteiger partial charge in [0.2, 0.25) is 0 Å². The van der Waals surface area contributed by atoms with E-state index in [9.17, 15) is 10.2 Å². The van der Waals surface area contributed by atoms with Gasteiger partial charge in [0.05, 0.1) is 0 Å². The lowest BCUT2D eigenvalue weighted by atomic mass is 9.77. The summed E-state index contributed by atoms with van der Waals surface area (Å²) in [6, 6.07) is 13.2. The maximum absolute atomic E-state index is 10.1. The maximum atomic E-state index is 10.1. The van der Waals surface area contributed by atoms with Crippen LogP contribution >= 0.6 is 0 Å². The van der Waals surface area contributed by atoms with E-state index in [4.69, 9.17) is 0 Å². The Labute approximate surface area is 108 Å². The first-order valence-electron chi connectivity index (χ1n) is 6.01. The summed E-state index contributed by atoms with van der Waals surface area (Å²) < 4.78 is 0. The Bertz CT molecular complexity index is 557. The fourth-order valence-electron chi connectivity index (χ4n) is 2.19. The first-order chi connectivity index (χ1) is 8.43. The van der Waals surface area contributed by atoms with E-state index >= 15 is 0 Å². The molecule has 0 unspecified atom stereocenters. The summed E-state index contributed by atoms with van der Waals surface area (Å²) >= 11 is 0. The van der Waals surface area contributed by atoms with Gasteiger partial charge in [0.25, 0.3) is 0 Å². The Morgan fingerprint density at radius 2 is 1.50 bits per heavy atom. The summed E-state index contributed by atoms with van der Waals surface area (Å²) in [5.41, 5.74) is 2.16. The van der Waals surface area contributed by atoms with Crippen molar-refractivity contribution in [1.29, 1.82) is 0 Å². The van der Waals surface area contributed by atoms with Gasteiger partial charge in [0, 0.05) is 11.0 Å². The first kappa shape index (κ1) is 12.5. The van der Waals surface area contributed by atoms with Crippen LogP contribution in [0.3, 0.4) is 0 Å². The lowest BCUT2D eigenvalue weighted by Gasteiger charge is -2.27. The van der Waals surface area contributed by atoms with Gasteiger partial charge in [-0.15, -0.1) is 0 Å². The highest BCUT2D eigenvalue weighted by atomic mass is 16.3. The van der Waals surface area contributed by atoms with Crippen LogP contribution in [0.4, 0.5) is 0 Å². The van der Waals surface area contributed by atoms with Crippen molar-refractivity contribution in [2.75, 3.05) is 0 Å². The molecule has 0 heterocycles.